The Labute approximate surface area is 264 Å². The fourth-order valence-electron chi connectivity index (χ4n) is 8.17. The summed E-state index contributed by atoms with van der Waals surface area (Å²) < 4.78 is 14.1. The Morgan fingerprint density at radius 2 is 0.778 bits per heavy atom. The molecule has 2 heterocycles. The van der Waals surface area contributed by atoms with E-state index < -0.39 is 5.79 Å². The first-order valence-electron chi connectivity index (χ1n) is 16.2. The van der Waals surface area contributed by atoms with Gasteiger partial charge >= 0.3 is 0 Å². The first-order chi connectivity index (χ1) is 22.1. The van der Waals surface area contributed by atoms with Crippen LogP contribution in [0.1, 0.15) is 84.5 Å². The van der Waals surface area contributed by atoms with Gasteiger partial charge in [0.1, 0.15) is 11.5 Å². The number of Topliss-reactive ketones (excluding diaryl/α,β-unsaturated/α-hetero) is 2. The van der Waals surface area contributed by atoms with Gasteiger partial charge in [-0.2, -0.15) is 0 Å². The molecule has 45 heavy (non-hydrogen) atoms. The van der Waals surface area contributed by atoms with E-state index in [1.807, 2.05) is 72.8 Å². The Hall–Kier alpha value is -4.70. The molecular formula is C41H36O4. The molecule has 0 saturated heterocycles. The van der Waals surface area contributed by atoms with E-state index in [4.69, 9.17) is 9.47 Å². The van der Waals surface area contributed by atoms with Crippen molar-refractivity contribution < 1.29 is 19.1 Å². The van der Waals surface area contributed by atoms with E-state index in [1.165, 1.54) is 0 Å². The van der Waals surface area contributed by atoms with Crippen LogP contribution in [0.5, 0.6) is 0 Å². The highest BCUT2D eigenvalue weighted by molar-refractivity contribution is 6.00. The summed E-state index contributed by atoms with van der Waals surface area (Å²) in [5.41, 5.74) is 6.08. The van der Waals surface area contributed by atoms with Crippen LogP contribution in [0.4, 0.5) is 0 Å². The van der Waals surface area contributed by atoms with Gasteiger partial charge in [-0.25, -0.2) is 0 Å². The van der Waals surface area contributed by atoms with E-state index in [2.05, 4.69) is 48.5 Å². The monoisotopic (exact) mass is 592 g/mol. The number of rotatable bonds is 4. The van der Waals surface area contributed by atoms with Gasteiger partial charge in [-0.15, -0.1) is 0 Å². The molecule has 0 aromatic heterocycles. The van der Waals surface area contributed by atoms with E-state index in [-0.39, 0.29) is 35.2 Å². The highest BCUT2D eigenvalue weighted by Gasteiger charge is 2.54. The van der Waals surface area contributed by atoms with Crippen LogP contribution in [0.25, 0.3) is 0 Å². The molecule has 0 fully saturated rings. The molecule has 2 aliphatic carbocycles. The van der Waals surface area contributed by atoms with E-state index >= 15 is 0 Å². The van der Waals surface area contributed by atoms with Crippen molar-refractivity contribution in [1.29, 1.82) is 0 Å². The Bertz CT molecular complexity index is 1650. The Morgan fingerprint density at radius 3 is 1.13 bits per heavy atom. The molecule has 4 nitrogen and oxygen atoms in total. The summed E-state index contributed by atoms with van der Waals surface area (Å²) in [6, 6.07) is 41.2. The zero-order valence-electron chi connectivity index (χ0n) is 25.2. The van der Waals surface area contributed by atoms with E-state index in [1.54, 1.807) is 0 Å². The summed E-state index contributed by atoms with van der Waals surface area (Å²) in [7, 11) is 0. The van der Waals surface area contributed by atoms with Gasteiger partial charge in [0.15, 0.2) is 11.6 Å². The summed E-state index contributed by atoms with van der Waals surface area (Å²) in [5, 5.41) is 0. The van der Waals surface area contributed by atoms with Crippen LogP contribution in [0.15, 0.2) is 144 Å². The third-order valence-electron chi connectivity index (χ3n) is 10.2. The molecule has 0 radical (unpaired) electrons. The lowest BCUT2D eigenvalue weighted by atomic mass is 9.69. The minimum Gasteiger partial charge on any atom is -0.456 e. The fraction of sp³-hybridized carbons (Fsp3) is 0.268. The molecule has 4 unspecified atom stereocenters. The highest BCUT2D eigenvalue weighted by Crippen LogP contribution is 2.56. The number of carbonyl (C=O) groups is 2. The number of benzene rings is 4. The summed E-state index contributed by atoms with van der Waals surface area (Å²) in [6.07, 6.45) is 3.26. The van der Waals surface area contributed by atoms with Gasteiger partial charge < -0.3 is 9.47 Å². The van der Waals surface area contributed by atoms with Crippen LogP contribution in [0.3, 0.4) is 0 Å². The Balaban J connectivity index is 1.24. The SMILES string of the molecule is O=C1CC(c2ccccc2)CC2=C1C(c1ccccc1)CC1(CC(c3ccccc3)C3=C(CC(c4ccccc4)CC3=O)O1)O2. The van der Waals surface area contributed by atoms with Crippen molar-refractivity contribution in [3.63, 3.8) is 0 Å². The third-order valence-corrected chi connectivity index (χ3v) is 10.2. The average Bonchev–Trinajstić information content (AvgIpc) is 3.08. The maximum Gasteiger partial charge on any atom is 0.252 e. The molecule has 2 aliphatic heterocycles. The second kappa shape index (κ2) is 11.3. The lowest BCUT2D eigenvalue weighted by molar-refractivity contribution is -0.225. The first-order valence-corrected chi connectivity index (χ1v) is 16.2. The van der Waals surface area contributed by atoms with Crippen LogP contribution < -0.4 is 0 Å². The van der Waals surface area contributed by atoms with Gasteiger partial charge in [0, 0.05) is 61.5 Å². The molecule has 0 amide bonds. The molecule has 224 valence electrons. The van der Waals surface area contributed by atoms with Gasteiger partial charge in [0.2, 0.25) is 0 Å². The lowest BCUT2D eigenvalue weighted by Gasteiger charge is -2.50. The second-order valence-corrected chi connectivity index (χ2v) is 13.0. The van der Waals surface area contributed by atoms with Crippen molar-refractivity contribution in [1.82, 2.24) is 0 Å². The van der Waals surface area contributed by atoms with Crippen LogP contribution >= 0.6 is 0 Å². The molecule has 4 aromatic carbocycles. The number of allylic oxidation sites excluding steroid dienone is 4. The molecular weight excluding hydrogens is 556 g/mol. The van der Waals surface area contributed by atoms with Gasteiger partial charge in [0.05, 0.1) is 0 Å². The number of ketones is 2. The summed E-state index contributed by atoms with van der Waals surface area (Å²) >= 11 is 0. The van der Waals surface area contributed by atoms with E-state index in [0.29, 0.717) is 38.5 Å². The van der Waals surface area contributed by atoms with Crippen molar-refractivity contribution in [3.8, 4) is 0 Å². The van der Waals surface area contributed by atoms with Gasteiger partial charge in [-0.05, 0) is 34.1 Å². The number of hydrogen-bond donors (Lipinski definition) is 0. The summed E-state index contributed by atoms with van der Waals surface area (Å²) in [5.74, 6) is 0.593. The van der Waals surface area contributed by atoms with Crippen LogP contribution in [0.2, 0.25) is 0 Å². The molecule has 0 saturated carbocycles. The summed E-state index contributed by atoms with van der Waals surface area (Å²) in [4.78, 5) is 28.0. The van der Waals surface area contributed by atoms with Crippen molar-refractivity contribution >= 4 is 11.6 Å². The predicted molar refractivity (Wildman–Crippen MR) is 173 cm³/mol. The molecule has 8 rings (SSSR count). The minimum atomic E-state index is -1.00. The molecule has 0 N–H and O–H groups in total. The van der Waals surface area contributed by atoms with E-state index in [0.717, 1.165) is 44.9 Å². The van der Waals surface area contributed by atoms with Crippen LogP contribution in [-0.4, -0.2) is 17.4 Å². The van der Waals surface area contributed by atoms with Gasteiger partial charge in [0.25, 0.3) is 5.79 Å². The van der Waals surface area contributed by atoms with E-state index in [9.17, 15) is 9.59 Å². The van der Waals surface area contributed by atoms with Crippen LogP contribution in [0, 0.1) is 0 Å². The van der Waals surface area contributed by atoms with Crippen LogP contribution in [-0.2, 0) is 19.1 Å². The fourth-order valence-corrected chi connectivity index (χ4v) is 8.17. The largest absolute Gasteiger partial charge is 0.456 e. The zero-order valence-corrected chi connectivity index (χ0v) is 25.2. The number of carbonyl (C=O) groups excluding carboxylic acids is 2. The maximum absolute atomic E-state index is 14.0. The van der Waals surface area contributed by atoms with Crippen molar-refractivity contribution in [2.45, 2.75) is 68.0 Å². The number of ether oxygens (including phenoxy) is 2. The molecule has 4 aliphatic rings. The molecule has 4 aromatic rings. The predicted octanol–water partition coefficient (Wildman–Crippen LogP) is 8.89. The standard InChI is InChI=1S/C41H36O4/c42-35-21-31(27-13-5-1-6-14-27)23-37-39(35)33(29-17-9-3-10-18-29)25-41(44-37)26-34(30-19-11-4-12-20-30)40-36(43)22-32(24-38(40)45-41)28-15-7-2-8-16-28/h1-20,31-34H,21-26H2. The topological polar surface area (TPSA) is 52.6 Å². The average molecular weight is 593 g/mol. The van der Waals surface area contributed by atoms with Crippen molar-refractivity contribution in [2.24, 2.45) is 0 Å². The minimum absolute atomic E-state index is 0.0473. The normalized spacial score (nSPS) is 27.8. The highest BCUT2D eigenvalue weighted by atomic mass is 16.7. The second-order valence-electron chi connectivity index (χ2n) is 13.0. The molecule has 0 bridgehead atoms. The molecule has 1 spiro atoms. The Kier molecular flexibility index (Phi) is 7.01. The smallest absolute Gasteiger partial charge is 0.252 e. The Morgan fingerprint density at radius 1 is 0.444 bits per heavy atom. The molecule has 4 atom stereocenters. The molecule has 4 heteroatoms. The maximum atomic E-state index is 14.0. The zero-order chi connectivity index (χ0) is 30.4. The first kappa shape index (κ1) is 27.8. The third kappa shape index (κ3) is 5.12. The van der Waals surface area contributed by atoms with Crippen molar-refractivity contribution in [3.05, 3.63) is 166 Å². The summed E-state index contributed by atoms with van der Waals surface area (Å²) in [6.45, 7) is 0. The van der Waals surface area contributed by atoms with Gasteiger partial charge in [-0.1, -0.05) is 121 Å². The quantitative estimate of drug-likeness (QED) is 0.238. The lowest BCUT2D eigenvalue weighted by Crippen LogP contribution is -2.48. The van der Waals surface area contributed by atoms with Crippen molar-refractivity contribution in [2.75, 3.05) is 0 Å². The van der Waals surface area contributed by atoms with Gasteiger partial charge in [-0.3, -0.25) is 9.59 Å². The number of hydrogen-bond acceptors (Lipinski definition) is 4.